The molecule has 0 heterocycles. The highest BCUT2D eigenvalue weighted by molar-refractivity contribution is 6.15. The zero-order valence-electron chi connectivity index (χ0n) is 10.1. The summed E-state index contributed by atoms with van der Waals surface area (Å²) in [6, 6.07) is 7.68. The van der Waals surface area contributed by atoms with Crippen molar-refractivity contribution < 1.29 is 9.53 Å². The van der Waals surface area contributed by atoms with Crippen molar-refractivity contribution in [2.45, 2.75) is 20.8 Å². The first-order valence-corrected chi connectivity index (χ1v) is 5.43. The minimum atomic E-state index is -0.336. The van der Waals surface area contributed by atoms with Gasteiger partial charge in [0, 0.05) is 0 Å². The molecule has 0 N–H and O–H groups in total. The van der Waals surface area contributed by atoms with Crippen LogP contribution in [0.2, 0.25) is 0 Å². The van der Waals surface area contributed by atoms with Gasteiger partial charge in [0.2, 0.25) is 0 Å². The highest BCUT2D eigenvalue weighted by atomic mass is 16.5. The molecule has 0 aliphatic carbocycles. The Morgan fingerprint density at radius 1 is 1.31 bits per heavy atom. The molecule has 1 aromatic carbocycles. The van der Waals surface area contributed by atoms with E-state index < -0.39 is 0 Å². The van der Waals surface area contributed by atoms with E-state index in [4.69, 9.17) is 4.74 Å². The monoisotopic (exact) mass is 218 g/mol. The fourth-order valence-electron chi connectivity index (χ4n) is 1.20. The van der Waals surface area contributed by atoms with E-state index in [1.165, 1.54) is 0 Å². The van der Waals surface area contributed by atoms with Crippen molar-refractivity contribution in [3.8, 4) is 0 Å². The van der Waals surface area contributed by atoms with E-state index in [0.29, 0.717) is 18.1 Å². The van der Waals surface area contributed by atoms with Gasteiger partial charge in [0.15, 0.2) is 0 Å². The molecule has 0 saturated heterocycles. The molecule has 0 saturated carbocycles. The van der Waals surface area contributed by atoms with Gasteiger partial charge in [-0.25, -0.2) is 4.79 Å². The lowest BCUT2D eigenvalue weighted by atomic mass is 10.1. The molecule has 2 heteroatoms. The van der Waals surface area contributed by atoms with Crippen molar-refractivity contribution in [3.63, 3.8) is 0 Å². The molecule has 0 fully saturated rings. The lowest BCUT2D eigenvalue weighted by Crippen LogP contribution is -2.10. The minimum absolute atomic E-state index is 0.336. The van der Waals surface area contributed by atoms with Crippen LogP contribution >= 0.6 is 0 Å². The van der Waals surface area contributed by atoms with Crippen LogP contribution in [0.4, 0.5) is 0 Å². The fraction of sp³-hybridized carbons (Fsp3) is 0.357. The summed E-state index contributed by atoms with van der Waals surface area (Å²) in [6.07, 6.45) is 0. The lowest BCUT2D eigenvalue weighted by molar-refractivity contribution is -0.137. The average Bonchev–Trinajstić information content (AvgIpc) is 2.26. The molecule has 16 heavy (non-hydrogen) atoms. The smallest absolute Gasteiger partial charge is 0.338 e. The Morgan fingerprint density at radius 2 is 1.88 bits per heavy atom. The van der Waals surface area contributed by atoms with E-state index in [2.05, 4.69) is 6.58 Å². The molecule has 1 aromatic rings. The van der Waals surface area contributed by atoms with Crippen LogP contribution in [0.5, 0.6) is 0 Å². The second-order valence-electron chi connectivity index (χ2n) is 4.34. The lowest BCUT2D eigenvalue weighted by Gasteiger charge is -2.09. The zero-order chi connectivity index (χ0) is 12.1. The normalized spacial score (nSPS) is 10.2. The summed E-state index contributed by atoms with van der Waals surface area (Å²) >= 11 is 0. The number of carbonyl (C=O) groups excluding carboxylic acids is 1. The van der Waals surface area contributed by atoms with Crippen LogP contribution in [0.1, 0.15) is 25.0 Å². The molecule has 0 bridgehead atoms. The maximum absolute atomic E-state index is 11.6. The number of ether oxygens (including phenoxy) is 1. The molecule has 0 radical (unpaired) electrons. The van der Waals surface area contributed by atoms with Gasteiger partial charge in [-0.2, -0.15) is 0 Å². The second-order valence-corrected chi connectivity index (χ2v) is 4.34. The quantitative estimate of drug-likeness (QED) is 0.573. The van der Waals surface area contributed by atoms with Crippen molar-refractivity contribution in [2.24, 2.45) is 5.92 Å². The van der Waals surface area contributed by atoms with Crippen molar-refractivity contribution in [1.29, 1.82) is 0 Å². The maximum Gasteiger partial charge on any atom is 0.338 e. The molecular weight excluding hydrogens is 200 g/mol. The van der Waals surface area contributed by atoms with Crippen LogP contribution in [0.15, 0.2) is 30.8 Å². The van der Waals surface area contributed by atoms with Gasteiger partial charge in [0.1, 0.15) is 0 Å². The Morgan fingerprint density at radius 3 is 2.38 bits per heavy atom. The SMILES string of the molecule is C=C(C(=O)OCC(C)C)c1ccc(C)cc1. The van der Waals surface area contributed by atoms with Gasteiger partial charge in [0.25, 0.3) is 0 Å². The zero-order valence-corrected chi connectivity index (χ0v) is 10.1. The van der Waals surface area contributed by atoms with Gasteiger partial charge in [-0.15, -0.1) is 0 Å². The molecule has 0 aliphatic heterocycles. The summed E-state index contributed by atoms with van der Waals surface area (Å²) in [5.41, 5.74) is 2.40. The number of aryl methyl sites for hydroxylation is 1. The number of benzene rings is 1. The Labute approximate surface area is 96.9 Å². The van der Waals surface area contributed by atoms with E-state index in [-0.39, 0.29) is 5.97 Å². The third-order valence-electron chi connectivity index (χ3n) is 2.19. The molecule has 2 nitrogen and oxygen atoms in total. The largest absolute Gasteiger partial charge is 0.462 e. The Kier molecular flexibility index (Phi) is 4.29. The summed E-state index contributed by atoms with van der Waals surface area (Å²) in [5, 5.41) is 0. The van der Waals surface area contributed by atoms with Crippen molar-refractivity contribution in [3.05, 3.63) is 42.0 Å². The van der Waals surface area contributed by atoms with E-state index in [9.17, 15) is 4.79 Å². The van der Waals surface area contributed by atoms with Gasteiger partial charge in [-0.3, -0.25) is 0 Å². The topological polar surface area (TPSA) is 26.3 Å². The Hall–Kier alpha value is -1.57. The number of carbonyl (C=O) groups is 1. The average molecular weight is 218 g/mol. The molecule has 0 aromatic heterocycles. The summed E-state index contributed by atoms with van der Waals surface area (Å²) in [4.78, 5) is 11.6. The molecule has 0 spiro atoms. The summed E-state index contributed by atoms with van der Waals surface area (Å²) in [7, 11) is 0. The van der Waals surface area contributed by atoms with E-state index in [1.807, 2.05) is 45.0 Å². The van der Waals surface area contributed by atoms with Crippen LogP contribution < -0.4 is 0 Å². The first-order valence-electron chi connectivity index (χ1n) is 5.43. The van der Waals surface area contributed by atoms with Crippen molar-refractivity contribution >= 4 is 11.5 Å². The third kappa shape index (κ3) is 3.54. The van der Waals surface area contributed by atoms with Crippen molar-refractivity contribution in [2.75, 3.05) is 6.61 Å². The van der Waals surface area contributed by atoms with E-state index >= 15 is 0 Å². The fourth-order valence-corrected chi connectivity index (χ4v) is 1.20. The number of rotatable bonds is 4. The van der Waals surface area contributed by atoms with Gasteiger partial charge in [0.05, 0.1) is 12.2 Å². The first-order chi connectivity index (χ1) is 7.50. The van der Waals surface area contributed by atoms with E-state index in [1.54, 1.807) is 0 Å². The molecule has 0 atom stereocenters. The third-order valence-corrected chi connectivity index (χ3v) is 2.19. The predicted octanol–water partition coefficient (Wildman–Crippen LogP) is 3.21. The first kappa shape index (κ1) is 12.5. The number of esters is 1. The van der Waals surface area contributed by atoms with Crippen LogP contribution in [-0.4, -0.2) is 12.6 Å². The van der Waals surface area contributed by atoms with Gasteiger partial charge in [-0.05, 0) is 18.4 Å². The summed E-state index contributed by atoms with van der Waals surface area (Å²) in [6.45, 7) is 10.2. The highest BCUT2D eigenvalue weighted by Gasteiger charge is 2.11. The molecule has 0 amide bonds. The highest BCUT2D eigenvalue weighted by Crippen LogP contribution is 2.15. The van der Waals surface area contributed by atoms with Gasteiger partial charge in [-0.1, -0.05) is 50.3 Å². The van der Waals surface area contributed by atoms with Gasteiger partial charge >= 0.3 is 5.97 Å². The predicted molar refractivity (Wildman–Crippen MR) is 66.0 cm³/mol. The Bertz CT molecular complexity index is 374. The molecular formula is C14H18O2. The van der Waals surface area contributed by atoms with Crippen molar-refractivity contribution in [1.82, 2.24) is 0 Å². The molecule has 0 aliphatic rings. The summed E-state index contributed by atoms with van der Waals surface area (Å²) in [5.74, 6) is 0.00678. The standard InChI is InChI=1S/C14H18O2/c1-10(2)9-16-14(15)12(4)13-7-5-11(3)6-8-13/h5-8,10H,4,9H2,1-3H3. The Balaban J connectivity index is 2.64. The maximum atomic E-state index is 11.6. The molecule has 1 rings (SSSR count). The van der Waals surface area contributed by atoms with Crippen LogP contribution in [0.25, 0.3) is 5.57 Å². The van der Waals surface area contributed by atoms with Gasteiger partial charge < -0.3 is 4.74 Å². The number of hydrogen-bond acceptors (Lipinski definition) is 2. The minimum Gasteiger partial charge on any atom is -0.462 e. The second kappa shape index (κ2) is 5.50. The van der Waals surface area contributed by atoms with Crippen LogP contribution in [0, 0.1) is 12.8 Å². The molecule has 0 unspecified atom stereocenters. The summed E-state index contributed by atoms with van der Waals surface area (Å²) < 4.78 is 5.11. The van der Waals surface area contributed by atoms with E-state index in [0.717, 1.165) is 11.1 Å². The molecule has 86 valence electrons. The van der Waals surface area contributed by atoms with Crippen LogP contribution in [0.3, 0.4) is 0 Å². The number of hydrogen-bond donors (Lipinski definition) is 0. The van der Waals surface area contributed by atoms with Crippen LogP contribution in [-0.2, 0) is 9.53 Å².